The highest BCUT2D eigenvalue weighted by Gasteiger charge is 2.68. The molecule has 1 aliphatic rings. The Labute approximate surface area is 129 Å². The Morgan fingerprint density at radius 3 is 2.55 bits per heavy atom. The molecule has 1 aromatic rings. The number of alkyl halides is 2. The lowest BCUT2D eigenvalue weighted by molar-refractivity contribution is -0.126. The lowest BCUT2D eigenvalue weighted by atomic mass is 10.0. The molecular weight excluding hydrogens is 297 g/mol. The van der Waals surface area contributed by atoms with Gasteiger partial charge in [0, 0.05) is 5.56 Å². The molecule has 0 unspecified atom stereocenters. The van der Waals surface area contributed by atoms with Gasteiger partial charge < -0.3 is 10.1 Å². The minimum Gasteiger partial charge on any atom is -0.496 e. The molecule has 0 radical (unpaired) electrons. The van der Waals surface area contributed by atoms with E-state index >= 15 is 0 Å². The van der Waals surface area contributed by atoms with Crippen molar-refractivity contribution in [3.63, 3.8) is 0 Å². The van der Waals surface area contributed by atoms with Crippen LogP contribution in [0.3, 0.4) is 0 Å². The Kier molecular flexibility index (Phi) is 4.22. The zero-order valence-corrected chi connectivity index (χ0v) is 13.4. The number of methoxy groups -OCH3 is 1. The minimum atomic E-state index is -0.948. The van der Waals surface area contributed by atoms with Gasteiger partial charge in [0.05, 0.1) is 18.6 Å². The zero-order chi connectivity index (χ0) is 15.0. The third-order valence-corrected chi connectivity index (χ3v) is 5.09. The van der Waals surface area contributed by atoms with E-state index in [2.05, 4.69) is 5.32 Å². The molecule has 2 atom stereocenters. The zero-order valence-electron chi connectivity index (χ0n) is 11.9. The molecule has 1 N–H and O–H groups in total. The normalized spacial score (nSPS) is 24.9. The van der Waals surface area contributed by atoms with Crippen LogP contribution in [0.2, 0.25) is 0 Å². The SMILES string of the molecule is CC[C@H](NC(=O)[C@]1(C)CC1(Cl)Cl)c1ccccc1OC. The third kappa shape index (κ3) is 2.61. The Morgan fingerprint density at radius 1 is 1.45 bits per heavy atom. The summed E-state index contributed by atoms with van der Waals surface area (Å²) in [6.07, 6.45) is 1.25. The monoisotopic (exact) mass is 315 g/mol. The average molecular weight is 316 g/mol. The van der Waals surface area contributed by atoms with Crippen LogP contribution >= 0.6 is 23.2 Å². The van der Waals surface area contributed by atoms with Gasteiger partial charge in [0.1, 0.15) is 10.1 Å². The van der Waals surface area contributed by atoms with Crippen LogP contribution in [0.25, 0.3) is 0 Å². The van der Waals surface area contributed by atoms with E-state index in [1.165, 1.54) is 0 Å². The predicted octanol–water partition coefficient (Wildman–Crippen LogP) is 3.85. The van der Waals surface area contributed by atoms with Gasteiger partial charge in [-0.15, -0.1) is 23.2 Å². The van der Waals surface area contributed by atoms with Crippen molar-refractivity contribution in [2.45, 2.75) is 37.1 Å². The van der Waals surface area contributed by atoms with Crippen LogP contribution in [0.4, 0.5) is 0 Å². The maximum absolute atomic E-state index is 12.4. The van der Waals surface area contributed by atoms with Crippen LogP contribution in [0.5, 0.6) is 5.75 Å². The van der Waals surface area contributed by atoms with E-state index in [9.17, 15) is 4.79 Å². The Hall–Kier alpha value is -0.930. The van der Waals surface area contributed by atoms with Crippen LogP contribution in [0, 0.1) is 5.41 Å². The maximum atomic E-state index is 12.4. The molecule has 110 valence electrons. The summed E-state index contributed by atoms with van der Waals surface area (Å²) in [4.78, 5) is 12.4. The fraction of sp³-hybridized carbons (Fsp3) is 0.533. The molecule has 2 rings (SSSR count). The molecule has 1 fully saturated rings. The molecular formula is C15H19Cl2NO2. The molecule has 1 saturated carbocycles. The molecule has 20 heavy (non-hydrogen) atoms. The Morgan fingerprint density at radius 2 is 2.05 bits per heavy atom. The quantitative estimate of drug-likeness (QED) is 0.838. The summed E-state index contributed by atoms with van der Waals surface area (Å²) < 4.78 is 4.40. The smallest absolute Gasteiger partial charge is 0.229 e. The van der Waals surface area contributed by atoms with Crippen molar-refractivity contribution in [2.24, 2.45) is 5.41 Å². The van der Waals surface area contributed by atoms with E-state index in [0.29, 0.717) is 6.42 Å². The van der Waals surface area contributed by atoms with Crippen molar-refractivity contribution in [2.75, 3.05) is 7.11 Å². The first kappa shape index (κ1) is 15.5. The highest BCUT2D eigenvalue weighted by atomic mass is 35.5. The van der Waals surface area contributed by atoms with Gasteiger partial charge in [-0.25, -0.2) is 0 Å². The number of carbonyl (C=O) groups excluding carboxylic acids is 1. The summed E-state index contributed by atoms with van der Waals surface area (Å²) in [5.74, 6) is 0.656. The Balaban J connectivity index is 2.16. The van der Waals surface area contributed by atoms with Gasteiger partial charge in [0.15, 0.2) is 0 Å². The molecule has 0 bridgehead atoms. The Bertz CT molecular complexity index is 518. The van der Waals surface area contributed by atoms with E-state index in [1.807, 2.05) is 31.2 Å². The van der Waals surface area contributed by atoms with E-state index in [-0.39, 0.29) is 11.9 Å². The summed E-state index contributed by atoms with van der Waals surface area (Å²) in [5.41, 5.74) is 0.260. The number of nitrogens with one attached hydrogen (secondary N) is 1. The molecule has 0 spiro atoms. The van der Waals surface area contributed by atoms with Gasteiger partial charge in [0.25, 0.3) is 0 Å². The first-order valence-electron chi connectivity index (χ1n) is 6.67. The van der Waals surface area contributed by atoms with Gasteiger partial charge in [-0.05, 0) is 25.8 Å². The van der Waals surface area contributed by atoms with Crippen molar-refractivity contribution in [1.29, 1.82) is 0 Å². The number of rotatable bonds is 5. The summed E-state index contributed by atoms with van der Waals surface area (Å²) in [6.45, 7) is 3.80. The minimum absolute atomic E-state index is 0.111. The van der Waals surface area contributed by atoms with Crippen molar-refractivity contribution in [3.05, 3.63) is 29.8 Å². The van der Waals surface area contributed by atoms with Crippen LogP contribution in [0.1, 0.15) is 38.3 Å². The van der Waals surface area contributed by atoms with Gasteiger partial charge in [-0.1, -0.05) is 25.1 Å². The van der Waals surface area contributed by atoms with Gasteiger partial charge in [-0.2, -0.15) is 0 Å². The first-order valence-corrected chi connectivity index (χ1v) is 7.43. The second kappa shape index (κ2) is 5.45. The molecule has 1 aromatic carbocycles. The number of ether oxygens (including phenoxy) is 1. The number of benzene rings is 1. The topological polar surface area (TPSA) is 38.3 Å². The number of amides is 1. The second-order valence-electron chi connectivity index (χ2n) is 5.39. The summed E-state index contributed by atoms with van der Waals surface area (Å²) in [7, 11) is 1.62. The summed E-state index contributed by atoms with van der Waals surface area (Å²) in [6, 6.07) is 7.56. The molecule has 0 saturated heterocycles. The van der Waals surface area contributed by atoms with Crippen molar-refractivity contribution in [3.8, 4) is 5.75 Å². The molecule has 1 aliphatic carbocycles. The standard InChI is InChI=1S/C15H19Cl2NO2/c1-4-11(10-7-5-6-8-12(10)20-3)18-13(19)14(2)9-15(14,16)17/h5-8,11H,4,9H2,1-3H3,(H,18,19)/t11-,14-/m0/s1. The fourth-order valence-corrected chi connectivity index (χ4v) is 3.02. The summed E-state index contributed by atoms with van der Waals surface area (Å²) in [5, 5.41) is 3.03. The molecule has 5 heteroatoms. The lowest BCUT2D eigenvalue weighted by Crippen LogP contribution is -2.36. The number of hydrogen-bond acceptors (Lipinski definition) is 2. The number of para-hydroxylation sites is 1. The maximum Gasteiger partial charge on any atom is 0.229 e. The van der Waals surface area contributed by atoms with Crippen molar-refractivity contribution < 1.29 is 9.53 Å². The predicted molar refractivity (Wildman–Crippen MR) is 81.3 cm³/mol. The first-order chi connectivity index (χ1) is 9.35. The van der Waals surface area contributed by atoms with Crippen LogP contribution in [-0.2, 0) is 4.79 Å². The molecule has 0 heterocycles. The fourth-order valence-electron chi connectivity index (χ4n) is 2.32. The van der Waals surface area contributed by atoms with E-state index in [1.54, 1.807) is 14.0 Å². The molecule has 0 aromatic heterocycles. The van der Waals surface area contributed by atoms with Gasteiger partial charge in [-0.3, -0.25) is 4.79 Å². The van der Waals surface area contributed by atoms with E-state index < -0.39 is 9.75 Å². The largest absolute Gasteiger partial charge is 0.496 e. The van der Waals surface area contributed by atoms with Crippen LogP contribution in [-0.4, -0.2) is 17.4 Å². The molecule has 3 nitrogen and oxygen atoms in total. The highest BCUT2D eigenvalue weighted by Crippen LogP contribution is 2.64. The van der Waals surface area contributed by atoms with Crippen molar-refractivity contribution in [1.82, 2.24) is 5.32 Å². The van der Waals surface area contributed by atoms with Crippen LogP contribution in [0.15, 0.2) is 24.3 Å². The summed E-state index contributed by atoms with van der Waals surface area (Å²) >= 11 is 12.1. The molecule has 1 amide bonds. The van der Waals surface area contributed by atoms with E-state index in [4.69, 9.17) is 27.9 Å². The van der Waals surface area contributed by atoms with Crippen LogP contribution < -0.4 is 10.1 Å². The number of halogens is 2. The second-order valence-corrected chi connectivity index (χ2v) is 6.87. The number of hydrogen-bond donors (Lipinski definition) is 1. The van der Waals surface area contributed by atoms with Crippen molar-refractivity contribution >= 4 is 29.1 Å². The highest BCUT2D eigenvalue weighted by molar-refractivity contribution is 6.53. The lowest BCUT2D eigenvalue weighted by Gasteiger charge is -2.22. The van der Waals surface area contributed by atoms with E-state index in [0.717, 1.165) is 17.7 Å². The van der Waals surface area contributed by atoms with Gasteiger partial charge in [0.2, 0.25) is 5.91 Å². The third-order valence-electron chi connectivity index (χ3n) is 3.99. The van der Waals surface area contributed by atoms with Gasteiger partial charge >= 0.3 is 0 Å². The number of carbonyl (C=O) groups is 1. The average Bonchev–Trinajstić information content (AvgIpc) is 2.96. The molecule has 0 aliphatic heterocycles.